The quantitative estimate of drug-likeness (QED) is 0.771. The Morgan fingerprint density at radius 2 is 2.00 bits per heavy atom. The molecule has 2 aromatic rings. The summed E-state index contributed by atoms with van der Waals surface area (Å²) >= 11 is 5.88. The normalized spacial score (nSPS) is 16.6. The number of alkyl halides is 1. The summed E-state index contributed by atoms with van der Waals surface area (Å²) in [6, 6.07) is 2.62. The fourth-order valence-electron chi connectivity index (χ4n) is 2.95. The van der Waals surface area contributed by atoms with Gasteiger partial charge in [-0.05, 0) is 30.9 Å². The Morgan fingerprint density at radius 1 is 1.26 bits per heavy atom. The molecule has 1 aliphatic carbocycles. The van der Waals surface area contributed by atoms with Crippen molar-refractivity contribution in [3.05, 3.63) is 29.6 Å². The molecule has 0 amide bonds. The first kappa shape index (κ1) is 12.9. The standard InChI is InChI=1S/C14H15ClF2N2/c15-7-12-18-11-6-5-10(16)13(17)14(11)19(12)8-9-3-1-2-4-9/h5-6,9H,1-4,7-8H2. The molecule has 0 aliphatic heterocycles. The smallest absolute Gasteiger partial charge is 0.184 e. The lowest BCUT2D eigenvalue weighted by Gasteiger charge is -2.13. The highest BCUT2D eigenvalue weighted by Gasteiger charge is 2.21. The summed E-state index contributed by atoms with van der Waals surface area (Å²) in [7, 11) is 0. The second-order valence-corrected chi connectivity index (χ2v) is 5.42. The molecule has 3 rings (SSSR count). The zero-order chi connectivity index (χ0) is 13.4. The van der Waals surface area contributed by atoms with Gasteiger partial charge < -0.3 is 4.57 Å². The molecule has 2 nitrogen and oxygen atoms in total. The summed E-state index contributed by atoms with van der Waals surface area (Å²) in [5.41, 5.74) is 0.732. The Kier molecular flexibility index (Phi) is 3.44. The molecule has 1 fully saturated rings. The van der Waals surface area contributed by atoms with Crippen molar-refractivity contribution in [2.75, 3.05) is 0 Å². The first-order valence-electron chi connectivity index (χ1n) is 6.59. The van der Waals surface area contributed by atoms with Crippen molar-refractivity contribution in [1.29, 1.82) is 0 Å². The van der Waals surface area contributed by atoms with Gasteiger partial charge in [0.05, 0.1) is 11.4 Å². The molecule has 0 saturated heterocycles. The molecule has 0 N–H and O–H groups in total. The monoisotopic (exact) mass is 284 g/mol. The number of benzene rings is 1. The van der Waals surface area contributed by atoms with Crippen LogP contribution in [0.5, 0.6) is 0 Å². The molecular formula is C14H15ClF2N2. The van der Waals surface area contributed by atoms with E-state index in [1.807, 2.05) is 0 Å². The van der Waals surface area contributed by atoms with E-state index < -0.39 is 11.6 Å². The molecule has 102 valence electrons. The first-order valence-corrected chi connectivity index (χ1v) is 7.13. The lowest BCUT2D eigenvalue weighted by molar-refractivity contribution is 0.450. The number of hydrogen-bond donors (Lipinski definition) is 0. The first-order chi connectivity index (χ1) is 9.20. The van der Waals surface area contributed by atoms with Gasteiger partial charge in [-0.15, -0.1) is 11.6 Å². The van der Waals surface area contributed by atoms with Gasteiger partial charge in [-0.3, -0.25) is 0 Å². The van der Waals surface area contributed by atoms with Crippen LogP contribution < -0.4 is 0 Å². The van der Waals surface area contributed by atoms with Crippen LogP contribution in [0.1, 0.15) is 31.5 Å². The van der Waals surface area contributed by atoms with Crippen LogP contribution in [0.25, 0.3) is 11.0 Å². The van der Waals surface area contributed by atoms with Crippen LogP contribution in [-0.2, 0) is 12.4 Å². The van der Waals surface area contributed by atoms with Crippen LogP contribution in [0.15, 0.2) is 12.1 Å². The summed E-state index contributed by atoms with van der Waals surface area (Å²) in [6.45, 7) is 0.679. The number of halogens is 3. The van der Waals surface area contributed by atoms with Crippen LogP contribution in [-0.4, -0.2) is 9.55 Å². The molecule has 0 unspecified atom stereocenters. The number of aromatic nitrogens is 2. The Morgan fingerprint density at radius 3 is 2.68 bits per heavy atom. The molecule has 1 aliphatic rings. The lowest BCUT2D eigenvalue weighted by atomic mass is 10.1. The molecule has 0 atom stereocenters. The average molecular weight is 285 g/mol. The van der Waals surface area contributed by atoms with Crippen LogP contribution >= 0.6 is 11.6 Å². The van der Waals surface area contributed by atoms with Gasteiger partial charge in [0, 0.05) is 6.54 Å². The van der Waals surface area contributed by atoms with E-state index in [0.29, 0.717) is 23.8 Å². The van der Waals surface area contributed by atoms with Crippen molar-refractivity contribution >= 4 is 22.6 Å². The molecule has 0 radical (unpaired) electrons. The fraction of sp³-hybridized carbons (Fsp3) is 0.500. The zero-order valence-electron chi connectivity index (χ0n) is 10.5. The second kappa shape index (κ2) is 5.08. The molecule has 1 aromatic carbocycles. The summed E-state index contributed by atoms with van der Waals surface area (Å²) in [5.74, 6) is -0.307. The maximum atomic E-state index is 14.0. The minimum atomic E-state index is -0.832. The summed E-state index contributed by atoms with van der Waals surface area (Å²) in [6.07, 6.45) is 4.70. The van der Waals surface area contributed by atoms with Gasteiger partial charge in [0.25, 0.3) is 0 Å². The minimum absolute atomic E-state index is 0.211. The van der Waals surface area contributed by atoms with Gasteiger partial charge in [0.1, 0.15) is 11.3 Å². The average Bonchev–Trinajstić information content (AvgIpc) is 3.02. The van der Waals surface area contributed by atoms with E-state index in [-0.39, 0.29) is 11.4 Å². The Hall–Kier alpha value is -1.16. The fourth-order valence-corrected chi connectivity index (χ4v) is 3.16. The van der Waals surface area contributed by atoms with Gasteiger partial charge in [-0.2, -0.15) is 0 Å². The van der Waals surface area contributed by atoms with E-state index in [2.05, 4.69) is 4.98 Å². The van der Waals surface area contributed by atoms with Crippen molar-refractivity contribution in [3.8, 4) is 0 Å². The predicted molar refractivity (Wildman–Crippen MR) is 71.2 cm³/mol. The number of nitrogens with zero attached hydrogens (tertiary/aromatic N) is 2. The number of hydrogen-bond acceptors (Lipinski definition) is 1. The maximum absolute atomic E-state index is 14.0. The van der Waals surface area contributed by atoms with Crippen molar-refractivity contribution in [1.82, 2.24) is 9.55 Å². The van der Waals surface area contributed by atoms with E-state index in [9.17, 15) is 8.78 Å². The topological polar surface area (TPSA) is 17.8 Å². The third-order valence-electron chi connectivity index (χ3n) is 3.91. The molecular weight excluding hydrogens is 270 g/mol. The van der Waals surface area contributed by atoms with Gasteiger partial charge >= 0.3 is 0 Å². The van der Waals surface area contributed by atoms with Crippen molar-refractivity contribution < 1.29 is 8.78 Å². The van der Waals surface area contributed by atoms with Crippen LogP contribution in [0.2, 0.25) is 0 Å². The molecule has 19 heavy (non-hydrogen) atoms. The van der Waals surface area contributed by atoms with Gasteiger partial charge in [-0.1, -0.05) is 12.8 Å². The molecule has 5 heteroatoms. The van der Waals surface area contributed by atoms with E-state index in [0.717, 1.165) is 18.9 Å². The van der Waals surface area contributed by atoms with E-state index >= 15 is 0 Å². The summed E-state index contributed by atoms with van der Waals surface area (Å²) in [5, 5.41) is 0. The number of fused-ring (bicyclic) bond motifs is 1. The number of imidazole rings is 1. The van der Waals surface area contributed by atoms with Crippen molar-refractivity contribution in [2.45, 2.75) is 38.1 Å². The van der Waals surface area contributed by atoms with Crippen molar-refractivity contribution in [2.24, 2.45) is 5.92 Å². The maximum Gasteiger partial charge on any atom is 0.184 e. The van der Waals surface area contributed by atoms with E-state index in [1.165, 1.54) is 18.9 Å². The SMILES string of the molecule is Fc1ccc2nc(CCl)n(CC3CCCC3)c2c1F. The molecule has 1 saturated carbocycles. The third kappa shape index (κ3) is 2.22. The summed E-state index contributed by atoms with van der Waals surface area (Å²) in [4.78, 5) is 4.30. The highest BCUT2D eigenvalue weighted by atomic mass is 35.5. The second-order valence-electron chi connectivity index (χ2n) is 5.15. The van der Waals surface area contributed by atoms with E-state index in [4.69, 9.17) is 11.6 Å². The molecule has 0 spiro atoms. The highest BCUT2D eigenvalue weighted by molar-refractivity contribution is 6.16. The Bertz CT molecular complexity index is 603. The van der Waals surface area contributed by atoms with Crippen molar-refractivity contribution in [3.63, 3.8) is 0 Å². The van der Waals surface area contributed by atoms with Crippen LogP contribution in [0.3, 0.4) is 0 Å². The van der Waals surface area contributed by atoms with Gasteiger partial charge in [0.15, 0.2) is 11.6 Å². The predicted octanol–water partition coefficient (Wildman–Crippen LogP) is 4.24. The van der Waals surface area contributed by atoms with E-state index in [1.54, 1.807) is 4.57 Å². The Labute approximate surface area is 115 Å². The lowest BCUT2D eigenvalue weighted by Crippen LogP contribution is -2.11. The largest absolute Gasteiger partial charge is 0.324 e. The number of rotatable bonds is 3. The minimum Gasteiger partial charge on any atom is -0.324 e. The Balaban J connectivity index is 2.10. The zero-order valence-corrected chi connectivity index (χ0v) is 11.3. The molecule has 1 aromatic heterocycles. The molecule has 0 bridgehead atoms. The van der Waals surface area contributed by atoms with Gasteiger partial charge in [0.2, 0.25) is 0 Å². The third-order valence-corrected chi connectivity index (χ3v) is 4.15. The van der Waals surface area contributed by atoms with Crippen LogP contribution in [0, 0.1) is 17.6 Å². The molecule has 1 heterocycles. The summed E-state index contributed by atoms with van der Waals surface area (Å²) < 4.78 is 29.2. The van der Waals surface area contributed by atoms with Gasteiger partial charge in [-0.25, -0.2) is 13.8 Å². The highest BCUT2D eigenvalue weighted by Crippen LogP contribution is 2.30. The van der Waals surface area contributed by atoms with Crippen LogP contribution in [0.4, 0.5) is 8.78 Å².